The van der Waals surface area contributed by atoms with Gasteiger partial charge in [0.15, 0.2) is 0 Å². The average molecular weight is 264 g/mol. The highest BCUT2D eigenvalue weighted by Gasteiger charge is 2.06. The molecule has 2 aromatic rings. The fraction of sp³-hybridized carbons (Fsp3) is 0.222. The highest BCUT2D eigenvalue weighted by Crippen LogP contribution is 2.22. The van der Waals surface area contributed by atoms with Gasteiger partial charge in [0.05, 0.1) is 17.1 Å². The molecule has 0 radical (unpaired) electrons. The summed E-state index contributed by atoms with van der Waals surface area (Å²) in [6.07, 6.45) is 4.85. The van der Waals surface area contributed by atoms with Crippen molar-refractivity contribution in [2.24, 2.45) is 4.99 Å². The topological polar surface area (TPSA) is 25.2 Å². The molecule has 1 aromatic heterocycles. The molecule has 0 N–H and O–H groups in total. The van der Waals surface area contributed by atoms with Crippen molar-refractivity contribution >= 4 is 11.9 Å². The van der Waals surface area contributed by atoms with E-state index in [4.69, 9.17) is 4.98 Å². The van der Waals surface area contributed by atoms with Crippen LogP contribution in [0.3, 0.4) is 0 Å². The number of rotatable bonds is 4. The molecule has 0 fully saturated rings. The van der Waals surface area contributed by atoms with Crippen LogP contribution in [-0.2, 0) is 0 Å². The highest BCUT2D eigenvalue weighted by atomic mass is 14.8. The Morgan fingerprint density at radius 3 is 2.60 bits per heavy atom. The van der Waals surface area contributed by atoms with Crippen molar-refractivity contribution in [3.05, 3.63) is 59.8 Å². The highest BCUT2D eigenvalue weighted by molar-refractivity contribution is 5.73. The lowest BCUT2D eigenvalue weighted by Crippen LogP contribution is -1.93. The molecule has 0 unspecified atom stereocenters. The van der Waals surface area contributed by atoms with Gasteiger partial charge >= 0.3 is 0 Å². The maximum Gasteiger partial charge on any atom is 0.0892 e. The molecule has 2 nitrogen and oxygen atoms in total. The molecule has 2 heteroatoms. The van der Waals surface area contributed by atoms with Crippen molar-refractivity contribution in [2.75, 3.05) is 0 Å². The average Bonchev–Trinajstić information content (AvgIpc) is 2.48. The summed E-state index contributed by atoms with van der Waals surface area (Å²) >= 11 is 0. The third kappa shape index (κ3) is 3.41. The molecule has 0 saturated heterocycles. The van der Waals surface area contributed by atoms with Crippen LogP contribution in [0.15, 0.2) is 53.5 Å². The maximum absolute atomic E-state index is 4.75. The van der Waals surface area contributed by atoms with E-state index in [0.29, 0.717) is 0 Å². The second-order valence-electron chi connectivity index (χ2n) is 4.67. The van der Waals surface area contributed by atoms with Gasteiger partial charge in [-0.05, 0) is 38.0 Å². The number of aryl methyl sites for hydroxylation is 1. The van der Waals surface area contributed by atoms with Crippen LogP contribution in [0.2, 0.25) is 0 Å². The summed E-state index contributed by atoms with van der Waals surface area (Å²) in [7, 11) is 0. The van der Waals surface area contributed by atoms with Crippen LogP contribution >= 0.6 is 0 Å². The van der Waals surface area contributed by atoms with Gasteiger partial charge in [0.25, 0.3) is 0 Å². The molecular weight excluding hydrogens is 244 g/mol. The van der Waals surface area contributed by atoms with Gasteiger partial charge in [0.2, 0.25) is 0 Å². The molecule has 1 aromatic carbocycles. The molecule has 0 bridgehead atoms. The Morgan fingerprint density at radius 2 is 1.95 bits per heavy atom. The zero-order valence-electron chi connectivity index (χ0n) is 12.3. The number of hydrogen-bond donors (Lipinski definition) is 0. The van der Waals surface area contributed by atoms with Gasteiger partial charge in [-0.3, -0.25) is 4.99 Å². The predicted molar refractivity (Wildman–Crippen MR) is 86.8 cm³/mol. The zero-order chi connectivity index (χ0) is 14.4. The largest absolute Gasteiger partial charge is 0.259 e. The van der Waals surface area contributed by atoms with Crippen molar-refractivity contribution < 1.29 is 0 Å². The molecule has 102 valence electrons. The normalized spacial score (nSPS) is 12.1. The van der Waals surface area contributed by atoms with Crippen molar-refractivity contribution in [1.29, 1.82) is 0 Å². The number of allylic oxidation sites excluding steroid dienone is 1. The Morgan fingerprint density at radius 1 is 1.20 bits per heavy atom. The second-order valence-corrected chi connectivity index (χ2v) is 4.67. The fourth-order valence-corrected chi connectivity index (χ4v) is 2.03. The molecule has 0 aliphatic rings. The van der Waals surface area contributed by atoms with E-state index < -0.39 is 0 Å². The molecule has 0 aliphatic heterocycles. The summed E-state index contributed by atoms with van der Waals surface area (Å²) in [4.78, 5) is 9.23. The van der Waals surface area contributed by atoms with E-state index in [9.17, 15) is 0 Å². The van der Waals surface area contributed by atoms with Crippen LogP contribution in [0.25, 0.3) is 17.0 Å². The minimum Gasteiger partial charge on any atom is -0.259 e. The van der Waals surface area contributed by atoms with Gasteiger partial charge in [0.1, 0.15) is 0 Å². The Bertz CT molecular complexity index is 625. The zero-order valence-corrected chi connectivity index (χ0v) is 12.3. The van der Waals surface area contributed by atoms with Crippen molar-refractivity contribution in [1.82, 2.24) is 4.98 Å². The summed E-state index contributed by atoms with van der Waals surface area (Å²) in [5, 5.41) is 0. The number of benzene rings is 1. The van der Waals surface area contributed by atoms with E-state index in [2.05, 4.69) is 43.1 Å². The van der Waals surface area contributed by atoms with Crippen molar-refractivity contribution in [3.8, 4) is 11.3 Å². The number of nitrogens with zero attached hydrogens (tertiary/aromatic N) is 2. The van der Waals surface area contributed by atoms with Gasteiger partial charge in [0, 0.05) is 11.8 Å². The predicted octanol–water partition coefficient (Wildman–Crippen LogP) is 4.90. The molecule has 0 amide bonds. The molecule has 0 spiro atoms. The van der Waals surface area contributed by atoms with E-state index in [1.165, 1.54) is 5.56 Å². The van der Waals surface area contributed by atoms with Crippen LogP contribution in [0.5, 0.6) is 0 Å². The monoisotopic (exact) mass is 264 g/mol. The number of aromatic nitrogens is 1. The van der Waals surface area contributed by atoms with Gasteiger partial charge in [-0.25, -0.2) is 4.98 Å². The lowest BCUT2D eigenvalue weighted by molar-refractivity contribution is 1.22. The Balaban J connectivity index is 2.46. The van der Waals surface area contributed by atoms with Crippen LogP contribution in [0, 0.1) is 6.92 Å². The lowest BCUT2D eigenvalue weighted by atomic mass is 10.1. The quantitative estimate of drug-likeness (QED) is 0.721. The third-order valence-electron chi connectivity index (χ3n) is 2.99. The lowest BCUT2D eigenvalue weighted by Gasteiger charge is -2.07. The first kappa shape index (κ1) is 14.2. The fourth-order valence-electron chi connectivity index (χ4n) is 2.03. The Hall–Kier alpha value is -2.22. The van der Waals surface area contributed by atoms with E-state index in [0.717, 1.165) is 29.1 Å². The van der Waals surface area contributed by atoms with Crippen LogP contribution in [0.1, 0.15) is 31.5 Å². The summed E-state index contributed by atoms with van der Waals surface area (Å²) in [5.74, 6) is 0. The second kappa shape index (κ2) is 6.80. The molecule has 0 saturated carbocycles. The van der Waals surface area contributed by atoms with Gasteiger partial charge < -0.3 is 0 Å². The maximum atomic E-state index is 4.75. The molecule has 2 rings (SSSR count). The van der Waals surface area contributed by atoms with E-state index >= 15 is 0 Å². The van der Waals surface area contributed by atoms with Crippen molar-refractivity contribution in [2.45, 2.75) is 27.2 Å². The summed E-state index contributed by atoms with van der Waals surface area (Å²) in [5.41, 5.74) is 5.17. The van der Waals surface area contributed by atoms with Gasteiger partial charge in [-0.15, -0.1) is 0 Å². The van der Waals surface area contributed by atoms with Crippen LogP contribution in [0.4, 0.5) is 0 Å². The van der Waals surface area contributed by atoms with E-state index in [1.807, 2.05) is 37.4 Å². The third-order valence-corrected chi connectivity index (χ3v) is 2.99. The first-order chi connectivity index (χ1) is 9.74. The van der Waals surface area contributed by atoms with Crippen LogP contribution < -0.4 is 0 Å². The molecule has 20 heavy (non-hydrogen) atoms. The minimum absolute atomic E-state index is 0.924. The van der Waals surface area contributed by atoms with Gasteiger partial charge in [-0.1, -0.05) is 43.3 Å². The first-order valence-electron chi connectivity index (χ1n) is 6.98. The molecule has 0 aliphatic carbocycles. The Kier molecular flexibility index (Phi) is 4.83. The Labute approximate surface area is 120 Å². The molecular formula is C18H20N2. The summed E-state index contributed by atoms with van der Waals surface area (Å²) in [6.45, 7) is 6.17. The molecule has 0 atom stereocenters. The van der Waals surface area contributed by atoms with Crippen LogP contribution in [-0.4, -0.2) is 11.2 Å². The number of pyridine rings is 1. The first-order valence-corrected chi connectivity index (χ1v) is 6.98. The molecule has 1 heterocycles. The summed E-state index contributed by atoms with van der Waals surface area (Å²) < 4.78 is 0. The minimum atomic E-state index is 0.924. The number of aliphatic imine (C=N–C) groups is 1. The smallest absolute Gasteiger partial charge is 0.0892 e. The van der Waals surface area contributed by atoms with Crippen molar-refractivity contribution in [3.63, 3.8) is 0 Å². The number of hydrogen-bond acceptors (Lipinski definition) is 2. The standard InChI is InChI=1S/C18H20N2/c1-4-11-19-16(5-2)18-13-14(3)12-17(20-18)15-9-7-6-8-10-15/h5-13H,4H2,1-3H3/b16-5-,19-11?. The van der Waals surface area contributed by atoms with E-state index in [1.54, 1.807) is 0 Å². The summed E-state index contributed by atoms with van der Waals surface area (Å²) in [6, 6.07) is 14.4. The van der Waals surface area contributed by atoms with Gasteiger partial charge in [-0.2, -0.15) is 0 Å². The van der Waals surface area contributed by atoms with E-state index in [-0.39, 0.29) is 0 Å². The SMILES string of the molecule is C/C=C(\N=CCC)c1cc(C)cc(-c2ccccc2)n1.